The van der Waals surface area contributed by atoms with Crippen molar-refractivity contribution in [2.45, 2.75) is 6.42 Å². The van der Waals surface area contributed by atoms with Gasteiger partial charge in [-0.15, -0.1) is 0 Å². The summed E-state index contributed by atoms with van der Waals surface area (Å²) in [5.74, 6) is 5.70. The first-order chi connectivity index (χ1) is 6.24. The van der Waals surface area contributed by atoms with Crippen LogP contribution in [0.2, 0.25) is 5.15 Å². The molecule has 0 aliphatic rings. The van der Waals surface area contributed by atoms with Crippen LogP contribution in [0.5, 0.6) is 5.75 Å². The van der Waals surface area contributed by atoms with Gasteiger partial charge in [-0.2, -0.15) is 0 Å². The molecule has 0 saturated carbocycles. The smallest absolute Gasteiger partial charge is 0.172 e. The van der Waals surface area contributed by atoms with Crippen molar-refractivity contribution in [3.05, 3.63) is 23.0 Å². The molecule has 1 aromatic heterocycles. The van der Waals surface area contributed by atoms with Crippen LogP contribution in [0.4, 0.5) is 0 Å². The van der Waals surface area contributed by atoms with Crippen molar-refractivity contribution in [3.63, 3.8) is 0 Å². The molecule has 1 N–H and O–H groups in total. The fraction of sp³-hybridized carbons (Fsp3) is 0.222. The van der Waals surface area contributed by atoms with Crippen LogP contribution < -0.4 is 0 Å². The minimum absolute atomic E-state index is 0.0206. The summed E-state index contributed by atoms with van der Waals surface area (Å²) >= 11 is 8.85. The van der Waals surface area contributed by atoms with Crippen LogP contribution in [0.1, 0.15) is 12.1 Å². The summed E-state index contributed by atoms with van der Waals surface area (Å²) < 4.78 is 0. The number of rotatable bonds is 1. The topological polar surface area (TPSA) is 33.1 Å². The molecule has 0 amide bonds. The third-order valence-electron chi connectivity index (χ3n) is 1.26. The fourth-order valence-electron chi connectivity index (χ4n) is 0.697. The highest BCUT2D eigenvalue weighted by Crippen LogP contribution is 2.19. The largest absolute Gasteiger partial charge is 0.505 e. The molecule has 0 spiro atoms. The van der Waals surface area contributed by atoms with Gasteiger partial charge in [-0.3, -0.25) is 0 Å². The lowest BCUT2D eigenvalue weighted by Crippen LogP contribution is -1.82. The lowest BCUT2D eigenvalue weighted by molar-refractivity contribution is 0.473. The Morgan fingerprint density at radius 1 is 1.54 bits per heavy atom. The van der Waals surface area contributed by atoms with Crippen LogP contribution in [0.25, 0.3) is 0 Å². The van der Waals surface area contributed by atoms with Gasteiger partial charge in [-0.25, -0.2) is 4.98 Å². The third-order valence-corrected chi connectivity index (χ3v) is 1.94. The predicted octanol–water partition coefficient (Wildman–Crippen LogP) is 2.58. The molecule has 0 aromatic carbocycles. The Morgan fingerprint density at radius 2 is 2.31 bits per heavy atom. The van der Waals surface area contributed by atoms with Crippen LogP contribution in [0.3, 0.4) is 0 Å². The number of pyridine rings is 1. The number of aromatic nitrogens is 1. The molecule has 1 rings (SSSR count). The Labute approximate surface area is 90.1 Å². The zero-order valence-electron chi connectivity index (χ0n) is 6.72. The Morgan fingerprint density at radius 3 is 2.92 bits per heavy atom. The molecule has 0 bridgehead atoms. The van der Waals surface area contributed by atoms with Gasteiger partial charge in [0.15, 0.2) is 10.9 Å². The molecule has 13 heavy (non-hydrogen) atoms. The highest BCUT2D eigenvalue weighted by molar-refractivity contribution is 9.09. The zero-order chi connectivity index (χ0) is 9.68. The summed E-state index contributed by atoms with van der Waals surface area (Å²) in [6, 6.07) is 3.11. The van der Waals surface area contributed by atoms with Gasteiger partial charge in [0.25, 0.3) is 0 Å². The van der Waals surface area contributed by atoms with Crippen molar-refractivity contribution in [2.75, 3.05) is 5.33 Å². The molecule has 4 heteroatoms. The summed E-state index contributed by atoms with van der Waals surface area (Å²) in [5.41, 5.74) is 0.573. The Hall–Kier alpha value is -0.720. The van der Waals surface area contributed by atoms with E-state index in [1.54, 1.807) is 6.07 Å². The van der Waals surface area contributed by atoms with Crippen LogP contribution in [-0.2, 0) is 0 Å². The van der Waals surface area contributed by atoms with Crippen molar-refractivity contribution >= 4 is 27.5 Å². The van der Waals surface area contributed by atoms with E-state index in [2.05, 4.69) is 32.8 Å². The summed E-state index contributed by atoms with van der Waals surface area (Å²) in [7, 11) is 0. The summed E-state index contributed by atoms with van der Waals surface area (Å²) in [5, 5.41) is 9.99. The highest BCUT2D eigenvalue weighted by Gasteiger charge is 1.98. The Balaban J connectivity index is 2.81. The lowest BCUT2D eigenvalue weighted by Gasteiger charge is -1.94. The lowest BCUT2D eigenvalue weighted by atomic mass is 10.3. The van der Waals surface area contributed by atoms with Gasteiger partial charge < -0.3 is 5.11 Å². The van der Waals surface area contributed by atoms with Crippen molar-refractivity contribution in [2.24, 2.45) is 0 Å². The van der Waals surface area contributed by atoms with Crippen LogP contribution >= 0.6 is 27.5 Å². The van der Waals surface area contributed by atoms with E-state index in [1.807, 2.05) is 0 Å². The first-order valence-corrected chi connectivity index (χ1v) is 5.14. The Bertz CT molecular complexity index is 356. The van der Waals surface area contributed by atoms with E-state index in [9.17, 15) is 0 Å². The van der Waals surface area contributed by atoms with Crippen molar-refractivity contribution < 1.29 is 5.11 Å². The number of nitrogens with zero attached hydrogens (tertiary/aromatic N) is 1. The second-order valence-corrected chi connectivity index (χ2v) is 3.40. The average Bonchev–Trinajstić information content (AvgIpc) is 2.12. The molecule has 0 fully saturated rings. The van der Waals surface area contributed by atoms with Gasteiger partial charge in [0, 0.05) is 11.8 Å². The van der Waals surface area contributed by atoms with Gasteiger partial charge in [-0.1, -0.05) is 33.5 Å². The van der Waals surface area contributed by atoms with E-state index in [-0.39, 0.29) is 10.9 Å². The summed E-state index contributed by atoms with van der Waals surface area (Å²) in [6.07, 6.45) is 0.764. The van der Waals surface area contributed by atoms with Crippen molar-refractivity contribution in [1.29, 1.82) is 0 Å². The molecule has 1 aromatic rings. The Kier molecular flexibility index (Phi) is 4.07. The molecule has 68 valence electrons. The maximum atomic E-state index is 9.07. The highest BCUT2D eigenvalue weighted by atomic mass is 79.9. The number of halogens is 2. The van der Waals surface area contributed by atoms with E-state index in [1.165, 1.54) is 6.07 Å². The van der Waals surface area contributed by atoms with E-state index in [0.717, 1.165) is 11.8 Å². The minimum atomic E-state index is -0.0206. The maximum absolute atomic E-state index is 9.07. The molecular formula is C9H7BrClNO. The normalized spacial score (nSPS) is 9.08. The molecule has 0 saturated heterocycles. The molecule has 0 atom stereocenters. The standard InChI is InChI=1S/C9H7BrClNO/c10-6-2-1-3-7-4-5-8(13)9(11)12-7/h4-5,13H,2,6H2. The number of alkyl halides is 1. The van der Waals surface area contributed by atoms with Gasteiger partial charge in [-0.05, 0) is 18.1 Å². The van der Waals surface area contributed by atoms with Gasteiger partial charge in [0.05, 0.1) is 0 Å². The molecule has 0 aliphatic heterocycles. The number of hydrogen-bond donors (Lipinski definition) is 1. The van der Waals surface area contributed by atoms with E-state index in [4.69, 9.17) is 16.7 Å². The van der Waals surface area contributed by atoms with Gasteiger partial charge in [0.2, 0.25) is 0 Å². The summed E-state index contributed by atoms with van der Waals surface area (Å²) in [6.45, 7) is 0. The van der Waals surface area contributed by atoms with Crippen molar-refractivity contribution in [1.82, 2.24) is 4.98 Å². The monoisotopic (exact) mass is 259 g/mol. The minimum Gasteiger partial charge on any atom is -0.505 e. The first kappa shape index (κ1) is 10.4. The van der Waals surface area contributed by atoms with Gasteiger partial charge >= 0.3 is 0 Å². The zero-order valence-corrected chi connectivity index (χ0v) is 9.06. The summed E-state index contributed by atoms with van der Waals surface area (Å²) in [4.78, 5) is 3.87. The third kappa shape index (κ3) is 3.25. The molecule has 1 heterocycles. The van der Waals surface area contributed by atoms with Gasteiger partial charge in [0.1, 0.15) is 5.69 Å². The van der Waals surface area contributed by atoms with Crippen LogP contribution in [-0.4, -0.2) is 15.4 Å². The molecule has 2 nitrogen and oxygen atoms in total. The van der Waals surface area contributed by atoms with E-state index in [0.29, 0.717) is 5.69 Å². The molecule has 0 unspecified atom stereocenters. The number of hydrogen-bond acceptors (Lipinski definition) is 2. The fourth-order valence-corrected chi connectivity index (χ4v) is 1.05. The second-order valence-electron chi connectivity index (χ2n) is 2.25. The van der Waals surface area contributed by atoms with Crippen LogP contribution in [0.15, 0.2) is 12.1 Å². The quantitative estimate of drug-likeness (QED) is 0.478. The molecule has 0 aliphatic carbocycles. The first-order valence-electron chi connectivity index (χ1n) is 3.64. The van der Waals surface area contributed by atoms with Crippen LogP contribution in [0, 0.1) is 11.8 Å². The maximum Gasteiger partial charge on any atom is 0.172 e. The van der Waals surface area contributed by atoms with E-state index < -0.39 is 0 Å². The molecule has 0 radical (unpaired) electrons. The SMILES string of the molecule is Oc1ccc(C#CCCBr)nc1Cl. The van der Waals surface area contributed by atoms with Crippen molar-refractivity contribution in [3.8, 4) is 17.6 Å². The van der Waals surface area contributed by atoms with E-state index >= 15 is 0 Å². The predicted molar refractivity (Wildman–Crippen MR) is 56.2 cm³/mol. The molecular weight excluding hydrogens is 253 g/mol. The second kappa shape index (κ2) is 5.11. The number of aromatic hydroxyl groups is 1. The average molecular weight is 261 g/mol.